The average molecular weight is 293 g/mol. The maximum absolute atomic E-state index is 12.4. The predicted octanol–water partition coefficient (Wildman–Crippen LogP) is 0.0495. The Morgan fingerprint density at radius 1 is 1.33 bits per heavy atom. The number of fused-ring (bicyclic) bond motifs is 1. The van der Waals surface area contributed by atoms with E-state index in [9.17, 15) is 10.4 Å². The molecule has 0 aliphatic rings. The van der Waals surface area contributed by atoms with Crippen LogP contribution >= 0.6 is 0 Å². The number of aromatic nitrogens is 3. The van der Waals surface area contributed by atoms with Crippen molar-refractivity contribution < 1.29 is 14.3 Å². The Bertz CT molecular complexity index is 660. The summed E-state index contributed by atoms with van der Waals surface area (Å²) >= 11 is 0. The highest BCUT2D eigenvalue weighted by atomic mass is 16.5. The number of benzene rings is 1. The van der Waals surface area contributed by atoms with Gasteiger partial charge < -0.3 is 20.9 Å². The minimum atomic E-state index is -0.558. The van der Waals surface area contributed by atoms with E-state index in [-0.39, 0.29) is 23.5 Å². The highest BCUT2D eigenvalue weighted by Crippen LogP contribution is 2.17. The molecule has 21 heavy (non-hydrogen) atoms. The van der Waals surface area contributed by atoms with Crippen molar-refractivity contribution in [3.63, 3.8) is 0 Å². The summed E-state index contributed by atoms with van der Waals surface area (Å²) in [5, 5.41) is 30.9. The molecule has 3 N–H and O–H groups in total. The van der Waals surface area contributed by atoms with Gasteiger partial charge in [-0.05, 0) is 26.8 Å². The van der Waals surface area contributed by atoms with Crippen LogP contribution in [-0.4, -0.2) is 23.8 Å². The molecule has 0 aliphatic carbocycles. The van der Waals surface area contributed by atoms with Crippen LogP contribution < -0.4 is 25.4 Å². The van der Waals surface area contributed by atoms with Crippen LogP contribution in [0.25, 0.3) is 11.0 Å². The second kappa shape index (κ2) is 5.57. The van der Waals surface area contributed by atoms with E-state index in [4.69, 9.17) is 10.5 Å². The van der Waals surface area contributed by atoms with Crippen LogP contribution in [0.5, 0.6) is 5.75 Å². The molecule has 0 unspecified atom stereocenters. The van der Waals surface area contributed by atoms with Gasteiger partial charge in [0.25, 0.3) is 5.52 Å². The molecular formula is C13H19N5O3. The van der Waals surface area contributed by atoms with Gasteiger partial charge in [0, 0.05) is 23.5 Å². The van der Waals surface area contributed by atoms with Crippen molar-refractivity contribution in [1.29, 1.82) is 0 Å². The number of nitrogens with two attached hydrogens (primary N) is 1. The first kappa shape index (κ1) is 15.0. The van der Waals surface area contributed by atoms with E-state index >= 15 is 0 Å². The standard InChI is InChI=1S/C13H19N5O3/c1-4-21-9-5-6-10-11(7-9)17(19)12(16-18(10)20)15-13(2,3)8-14/h5-7H,4,8,14H2,1-3H3,(H,15,16). The van der Waals surface area contributed by atoms with E-state index in [2.05, 4.69) is 10.4 Å². The molecule has 0 saturated carbocycles. The van der Waals surface area contributed by atoms with E-state index in [1.54, 1.807) is 6.07 Å². The fraction of sp³-hybridized carbons (Fsp3) is 0.462. The number of rotatable bonds is 5. The Morgan fingerprint density at radius 2 is 2.05 bits per heavy atom. The lowest BCUT2D eigenvalue weighted by Crippen LogP contribution is -2.49. The number of anilines is 1. The number of nitrogens with zero attached hydrogens (tertiary/aromatic N) is 3. The molecule has 1 heterocycles. The smallest absolute Gasteiger partial charge is 0.461 e. The Morgan fingerprint density at radius 3 is 2.67 bits per heavy atom. The molecule has 114 valence electrons. The lowest BCUT2D eigenvalue weighted by molar-refractivity contribution is -0.672. The minimum absolute atomic E-state index is 0.0957. The van der Waals surface area contributed by atoms with Crippen LogP contribution in [-0.2, 0) is 0 Å². The fourth-order valence-corrected chi connectivity index (χ4v) is 1.81. The van der Waals surface area contributed by atoms with Gasteiger partial charge in [0.2, 0.25) is 5.10 Å². The molecule has 0 fully saturated rings. The molecule has 8 nitrogen and oxygen atoms in total. The van der Waals surface area contributed by atoms with Crippen molar-refractivity contribution in [3.05, 3.63) is 28.6 Å². The normalized spacial score (nSPS) is 11.6. The Hall–Kier alpha value is -2.35. The summed E-state index contributed by atoms with van der Waals surface area (Å²) in [6, 6.07) is 4.65. The number of hydrogen-bond acceptors (Lipinski definition) is 6. The van der Waals surface area contributed by atoms with Crippen molar-refractivity contribution >= 4 is 17.0 Å². The molecule has 2 rings (SSSR count). The van der Waals surface area contributed by atoms with Gasteiger partial charge in [0.1, 0.15) is 5.75 Å². The van der Waals surface area contributed by atoms with Gasteiger partial charge in [-0.1, -0.05) is 0 Å². The molecule has 0 radical (unpaired) electrons. The van der Waals surface area contributed by atoms with Gasteiger partial charge >= 0.3 is 5.95 Å². The monoisotopic (exact) mass is 293 g/mol. The Kier molecular flexibility index (Phi) is 3.99. The molecule has 1 aromatic carbocycles. The topological polar surface area (TPSA) is 114 Å². The van der Waals surface area contributed by atoms with E-state index in [1.165, 1.54) is 12.1 Å². The van der Waals surface area contributed by atoms with Crippen LogP contribution in [0.3, 0.4) is 0 Å². The molecule has 0 spiro atoms. The molecule has 0 atom stereocenters. The van der Waals surface area contributed by atoms with E-state index in [1.807, 2.05) is 20.8 Å². The van der Waals surface area contributed by atoms with Crippen LogP contribution in [0.2, 0.25) is 0 Å². The van der Waals surface area contributed by atoms with Crippen LogP contribution in [0.4, 0.5) is 5.95 Å². The first-order chi connectivity index (χ1) is 9.88. The highest BCUT2D eigenvalue weighted by Gasteiger charge is 2.27. The third-order valence-corrected chi connectivity index (χ3v) is 3.02. The Balaban J connectivity index is 2.56. The van der Waals surface area contributed by atoms with Crippen LogP contribution in [0.1, 0.15) is 20.8 Å². The van der Waals surface area contributed by atoms with Gasteiger partial charge in [0.15, 0.2) is 5.52 Å². The molecule has 0 amide bonds. The first-order valence-electron chi connectivity index (χ1n) is 6.66. The highest BCUT2D eigenvalue weighted by molar-refractivity contribution is 5.70. The van der Waals surface area contributed by atoms with Gasteiger partial charge in [-0.15, -0.1) is 0 Å². The number of hydrogen-bond donors (Lipinski definition) is 2. The lowest BCUT2D eigenvalue weighted by atomic mass is 10.1. The predicted molar refractivity (Wildman–Crippen MR) is 77.6 cm³/mol. The first-order valence-corrected chi connectivity index (χ1v) is 6.66. The molecule has 1 aromatic heterocycles. The second-order valence-electron chi connectivity index (χ2n) is 5.29. The van der Waals surface area contributed by atoms with Crippen molar-refractivity contribution in [2.45, 2.75) is 26.3 Å². The maximum Gasteiger partial charge on any atom is 0.461 e. The van der Waals surface area contributed by atoms with Crippen molar-refractivity contribution in [2.24, 2.45) is 5.73 Å². The van der Waals surface area contributed by atoms with E-state index < -0.39 is 5.54 Å². The molecule has 8 heteroatoms. The van der Waals surface area contributed by atoms with Gasteiger partial charge in [-0.25, -0.2) is 4.73 Å². The maximum atomic E-state index is 12.4. The third kappa shape index (κ3) is 3.05. The summed E-state index contributed by atoms with van der Waals surface area (Å²) in [5.74, 6) is 0.423. The largest absolute Gasteiger partial charge is 0.739 e. The Labute approximate surface area is 122 Å². The zero-order valence-corrected chi connectivity index (χ0v) is 12.3. The zero-order chi connectivity index (χ0) is 15.6. The summed E-state index contributed by atoms with van der Waals surface area (Å²) < 4.78 is 5.92. The summed E-state index contributed by atoms with van der Waals surface area (Å²) in [6.45, 7) is 6.21. The van der Waals surface area contributed by atoms with Crippen LogP contribution in [0.15, 0.2) is 18.2 Å². The fourth-order valence-electron chi connectivity index (χ4n) is 1.81. The quantitative estimate of drug-likeness (QED) is 0.594. The molecule has 2 aromatic rings. The number of nitrogens with one attached hydrogen (secondary N) is 1. The minimum Gasteiger partial charge on any atom is -0.739 e. The van der Waals surface area contributed by atoms with Gasteiger partial charge in [-0.2, -0.15) is 0 Å². The SMILES string of the molecule is CCOc1ccc2c(c1)[n+]([O-])c(NC(C)(C)CN)n[n+]2[O-]. The summed E-state index contributed by atoms with van der Waals surface area (Å²) in [7, 11) is 0. The summed E-state index contributed by atoms with van der Waals surface area (Å²) in [5.41, 5.74) is 5.41. The summed E-state index contributed by atoms with van der Waals surface area (Å²) in [6.07, 6.45) is 0. The molecular weight excluding hydrogens is 274 g/mol. The van der Waals surface area contributed by atoms with E-state index in [0.29, 0.717) is 21.9 Å². The molecule has 0 bridgehead atoms. The average Bonchev–Trinajstić information content (AvgIpc) is 2.44. The lowest BCUT2D eigenvalue weighted by Gasteiger charge is -2.21. The second-order valence-corrected chi connectivity index (χ2v) is 5.29. The van der Waals surface area contributed by atoms with Crippen molar-refractivity contribution in [1.82, 2.24) is 5.10 Å². The van der Waals surface area contributed by atoms with Crippen molar-refractivity contribution in [3.8, 4) is 5.75 Å². The van der Waals surface area contributed by atoms with Gasteiger partial charge in [0.05, 0.1) is 12.1 Å². The van der Waals surface area contributed by atoms with Crippen LogP contribution in [0, 0.1) is 10.4 Å². The van der Waals surface area contributed by atoms with Gasteiger partial charge in [-0.3, -0.25) is 5.32 Å². The third-order valence-electron chi connectivity index (χ3n) is 3.02. The molecule has 0 saturated heterocycles. The van der Waals surface area contributed by atoms with E-state index in [0.717, 1.165) is 0 Å². The zero-order valence-electron chi connectivity index (χ0n) is 12.3. The summed E-state index contributed by atoms with van der Waals surface area (Å²) in [4.78, 5) is 0.411. The van der Waals surface area contributed by atoms with Crippen molar-refractivity contribution in [2.75, 3.05) is 18.5 Å². The molecule has 0 aliphatic heterocycles. The number of ether oxygens (including phenoxy) is 1.